The van der Waals surface area contributed by atoms with Crippen LogP contribution in [0.5, 0.6) is 0 Å². The Labute approximate surface area is 124 Å². The standard InChI is InChI=1S/C14H8Cl2N2O2/c15-8-1-2-12-11(6-8)13(19)14(20)18(12)7-10-5-9(16)3-4-17-10/h1-6H,7H2. The number of nitrogens with zero attached hydrogens (tertiary/aromatic N) is 2. The fraction of sp³-hybridized carbons (Fsp3) is 0.0714. The van der Waals surface area contributed by atoms with Gasteiger partial charge < -0.3 is 0 Å². The number of ketones is 1. The van der Waals surface area contributed by atoms with Crippen LogP contribution in [0.25, 0.3) is 0 Å². The molecule has 0 unspecified atom stereocenters. The van der Waals surface area contributed by atoms with E-state index in [1.807, 2.05) is 0 Å². The number of hydrogen-bond acceptors (Lipinski definition) is 3. The maximum absolute atomic E-state index is 12.0. The van der Waals surface area contributed by atoms with E-state index in [0.29, 0.717) is 27.0 Å². The number of fused-ring (bicyclic) bond motifs is 1. The number of carbonyl (C=O) groups is 2. The van der Waals surface area contributed by atoms with Crippen LogP contribution in [0.2, 0.25) is 10.0 Å². The molecule has 0 atom stereocenters. The van der Waals surface area contributed by atoms with E-state index in [9.17, 15) is 9.59 Å². The molecular weight excluding hydrogens is 299 g/mol. The van der Waals surface area contributed by atoms with Crippen molar-refractivity contribution in [2.24, 2.45) is 0 Å². The molecule has 0 N–H and O–H groups in total. The SMILES string of the molecule is O=C1C(=O)N(Cc2cc(Cl)ccn2)c2ccc(Cl)cc21. The van der Waals surface area contributed by atoms with E-state index in [0.717, 1.165) is 0 Å². The molecule has 1 aromatic carbocycles. The van der Waals surface area contributed by atoms with Gasteiger partial charge >= 0.3 is 0 Å². The van der Waals surface area contributed by atoms with Gasteiger partial charge in [-0.05, 0) is 30.3 Å². The number of pyridine rings is 1. The van der Waals surface area contributed by atoms with Crippen LogP contribution in [0.15, 0.2) is 36.5 Å². The molecule has 0 spiro atoms. The predicted molar refractivity (Wildman–Crippen MR) is 76.2 cm³/mol. The van der Waals surface area contributed by atoms with Crippen molar-refractivity contribution in [3.63, 3.8) is 0 Å². The molecule has 2 heterocycles. The number of hydrogen-bond donors (Lipinski definition) is 0. The lowest BCUT2D eigenvalue weighted by atomic mass is 10.1. The minimum absolute atomic E-state index is 0.194. The lowest BCUT2D eigenvalue weighted by Crippen LogP contribution is -2.29. The normalized spacial score (nSPS) is 13.8. The van der Waals surface area contributed by atoms with E-state index in [-0.39, 0.29) is 6.54 Å². The van der Waals surface area contributed by atoms with E-state index in [4.69, 9.17) is 23.2 Å². The summed E-state index contributed by atoms with van der Waals surface area (Å²) in [5, 5.41) is 0.955. The third-order valence-electron chi connectivity index (χ3n) is 3.03. The zero-order valence-corrected chi connectivity index (χ0v) is 11.6. The second-order valence-electron chi connectivity index (χ2n) is 4.35. The van der Waals surface area contributed by atoms with Gasteiger partial charge in [0.25, 0.3) is 11.7 Å². The van der Waals surface area contributed by atoms with Crippen molar-refractivity contribution in [3.05, 3.63) is 57.8 Å². The average Bonchev–Trinajstić information content (AvgIpc) is 2.64. The monoisotopic (exact) mass is 306 g/mol. The van der Waals surface area contributed by atoms with Crippen molar-refractivity contribution in [3.8, 4) is 0 Å². The van der Waals surface area contributed by atoms with Crippen LogP contribution in [0.4, 0.5) is 5.69 Å². The van der Waals surface area contributed by atoms with E-state index in [2.05, 4.69) is 4.98 Å². The van der Waals surface area contributed by atoms with Crippen molar-refractivity contribution >= 4 is 40.6 Å². The molecule has 0 bridgehead atoms. The number of rotatable bonds is 2. The minimum Gasteiger partial charge on any atom is -0.299 e. The summed E-state index contributed by atoms with van der Waals surface area (Å²) < 4.78 is 0. The topological polar surface area (TPSA) is 50.3 Å². The molecule has 0 radical (unpaired) electrons. The fourth-order valence-electron chi connectivity index (χ4n) is 2.13. The van der Waals surface area contributed by atoms with Crippen LogP contribution in [0.3, 0.4) is 0 Å². The van der Waals surface area contributed by atoms with Crippen LogP contribution in [-0.2, 0) is 11.3 Å². The largest absolute Gasteiger partial charge is 0.299 e. The van der Waals surface area contributed by atoms with Crippen molar-refractivity contribution in [1.82, 2.24) is 4.98 Å². The molecular formula is C14H8Cl2N2O2. The number of aromatic nitrogens is 1. The molecule has 100 valence electrons. The Morgan fingerprint density at radius 1 is 1.05 bits per heavy atom. The van der Waals surface area contributed by atoms with Crippen molar-refractivity contribution in [2.45, 2.75) is 6.54 Å². The highest BCUT2D eigenvalue weighted by Gasteiger charge is 2.36. The van der Waals surface area contributed by atoms with Crippen LogP contribution >= 0.6 is 23.2 Å². The third kappa shape index (κ3) is 2.17. The van der Waals surface area contributed by atoms with Crippen LogP contribution in [0.1, 0.15) is 16.1 Å². The number of Topliss-reactive ketones (excluding diaryl/α,β-unsaturated/α-hetero) is 1. The predicted octanol–water partition coefficient (Wildman–Crippen LogP) is 3.12. The highest BCUT2D eigenvalue weighted by molar-refractivity contribution is 6.52. The van der Waals surface area contributed by atoms with Gasteiger partial charge in [0.1, 0.15) is 0 Å². The van der Waals surface area contributed by atoms with Gasteiger partial charge in [-0.1, -0.05) is 23.2 Å². The Morgan fingerprint density at radius 2 is 1.80 bits per heavy atom. The maximum atomic E-state index is 12.0. The van der Waals surface area contributed by atoms with E-state index >= 15 is 0 Å². The van der Waals surface area contributed by atoms with Gasteiger partial charge in [0.15, 0.2) is 0 Å². The molecule has 1 amide bonds. The van der Waals surface area contributed by atoms with E-state index in [1.54, 1.807) is 30.5 Å². The van der Waals surface area contributed by atoms with Gasteiger partial charge in [0.05, 0.1) is 23.5 Å². The van der Waals surface area contributed by atoms with Gasteiger partial charge in [-0.25, -0.2) is 0 Å². The van der Waals surface area contributed by atoms with Gasteiger partial charge in [-0.15, -0.1) is 0 Å². The van der Waals surface area contributed by atoms with E-state index in [1.165, 1.54) is 11.0 Å². The molecule has 1 aliphatic rings. The average molecular weight is 307 g/mol. The van der Waals surface area contributed by atoms with Crippen LogP contribution in [0, 0.1) is 0 Å². The molecule has 3 rings (SSSR count). The first-order chi connectivity index (χ1) is 9.56. The first kappa shape index (κ1) is 13.1. The Balaban J connectivity index is 1.99. The molecule has 0 saturated carbocycles. The number of halogens is 2. The van der Waals surface area contributed by atoms with Crippen LogP contribution in [-0.4, -0.2) is 16.7 Å². The van der Waals surface area contributed by atoms with Gasteiger partial charge in [-0.3, -0.25) is 19.5 Å². The molecule has 1 aliphatic heterocycles. The Hall–Kier alpha value is -1.91. The Kier molecular flexibility index (Phi) is 3.20. The summed E-state index contributed by atoms with van der Waals surface area (Å²) in [5.41, 5.74) is 1.48. The highest BCUT2D eigenvalue weighted by atomic mass is 35.5. The number of benzene rings is 1. The second-order valence-corrected chi connectivity index (χ2v) is 5.22. The molecule has 4 nitrogen and oxygen atoms in total. The lowest BCUT2D eigenvalue weighted by Gasteiger charge is -2.16. The summed E-state index contributed by atoms with van der Waals surface area (Å²) in [6, 6.07) is 8.11. The summed E-state index contributed by atoms with van der Waals surface area (Å²) in [4.78, 5) is 29.5. The number of amides is 1. The molecule has 1 aromatic heterocycles. The molecule has 0 aliphatic carbocycles. The summed E-state index contributed by atoms with van der Waals surface area (Å²) in [6.07, 6.45) is 1.56. The molecule has 2 aromatic rings. The molecule has 20 heavy (non-hydrogen) atoms. The smallest absolute Gasteiger partial charge is 0.299 e. The fourth-order valence-corrected chi connectivity index (χ4v) is 2.48. The van der Waals surface area contributed by atoms with E-state index < -0.39 is 11.7 Å². The maximum Gasteiger partial charge on any atom is 0.299 e. The van der Waals surface area contributed by atoms with Crippen LogP contribution < -0.4 is 4.90 Å². The Morgan fingerprint density at radius 3 is 2.55 bits per heavy atom. The minimum atomic E-state index is -0.580. The van der Waals surface area contributed by atoms with Crippen molar-refractivity contribution in [2.75, 3.05) is 4.90 Å². The lowest BCUT2D eigenvalue weighted by molar-refractivity contribution is -0.114. The van der Waals surface area contributed by atoms with Gasteiger partial charge in [0.2, 0.25) is 0 Å². The third-order valence-corrected chi connectivity index (χ3v) is 3.50. The summed E-state index contributed by atoms with van der Waals surface area (Å²) >= 11 is 11.7. The first-order valence-corrected chi connectivity index (χ1v) is 6.58. The molecule has 6 heteroatoms. The van der Waals surface area contributed by atoms with Crippen molar-refractivity contribution < 1.29 is 9.59 Å². The summed E-state index contributed by atoms with van der Waals surface area (Å²) in [5.74, 6) is -1.13. The molecule has 0 saturated heterocycles. The molecule has 0 fully saturated rings. The zero-order chi connectivity index (χ0) is 14.3. The number of carbonyl (C=O) groups excluding carboxylic acids is 2. The van der Waals surface area contributed by atoms with Gasteiger partial charge in [-0.2, -0.15) is 0 Å². The summed E-state index contributed by atoms with van der Waals surface area (Å²) in [7, 11) is 0. The van der Waals surface area contributed by atoms with Gasteiger partial charge in [0, 0.05) is 16.2 Å². The second kappa shape index (κ2) is 4.89. The van der Waals surface area contributed by atoms with Crippen molar-refractivity contribution in [1.29, 1.82) is 0 Å². The quantitative estimate of drug-likeness (QED) is 0.801. The summed E-state index contributed by atoms with van der Waals surface area (Å²) in [6.45, 7) is 0.194. The zero-order valence-electron chi connectivity index (χ0n) is 10.1. The number of anilines is 1. The Bertz CT molecular complexity index is 731. The first-order valence-electron chi connectivity index (χ1n) is 5.82. The highest BCUT2D eigenvalue weighted by Crippen LogP contribution is 2.32.